The second-order valence-corrected chi connectivity index (χ2v) is 7.39. The number of ether oxygens (including phenoxy) is 1. The van der Waals surface area contributed by atoms with E-state index in [2.05, 4.69) is 38.2 Å². The first kappa shape index (κ1) is 23.9. The highest BCUT2D eigenvalue weighted by molar-refractivity contribution is 5.95. The van der Waals surface area contributed by atoms with Crippen molar-refractivity contribution in [1.29, 1.82) is 0 Å². The van der Waals surface area contributed by atoms with Gasteiger partial charge in [0.15, 0.2) is 11.8 Å². The zero-order valence-corrected chi connectivity index (χ0v) is 17.8. The molecule has 0 bridgehead atoms. The first-order valence-corrected chi connectivity index (χ1v) is 10.1. The summed E-state index contributed by atoms with van der Waals surface area (Å²) in [6.45, 7) is 8.20. The number of benzene rings is 2. The van der Waals surface area contributed by atoms with E-state index in [-0.39, 0.29) is 19.8 Å². The Morgan fingerprint density at radius 3 is 2.26 bits per heavy atom. The molecule has 1 heterocycles. The summed E-state index contributed by atoms with van der Waals surface area (Å²) in [4.78, 5) is 25.2. The van der Waals surface area contributed by atoms with Gasteiger partial charge in [0.1, 0.15) is 5.76 Å². The lowest BCUT2D eigenvalue weighted by Crippen LogP contribution is -2.34. The molecule has 1 unspecified atom stereocenters. The van der Waals surface area contributed by atoms with Gasteiger partial charge in [-0.15, -0.1) is 0 Å². The Balaban J connectivity index is 0.00000341. The molecule has 0 spiro atoms. The van der Waals surface area contributed by atoms with Crippen LogP contribution in [0.4, 0.5) is 0 Å². The van der Waals surface area contributed by atoms with E-state index < -0.39 is 17.9 Å². The number of carbonyl (C=O) groups is 2. The number of carbonyl (C=O) groups excluding carboxylic acids is 2. The third kappa shape index (κ3) is 5.85. The summed E-state index contributed by atoms with van der Waals surface area (Å²) < 4.78 is 10.9. The Bertz CT molecular complexity index is 1010. The van der Waals surface area contributed by atoms with Crippen LogP contribution in [0.25, 0.3) is 0 Å². The van der Waals surface area contributed by atoms with Crippen molar-refractivity contribution in [2.45, 2.75) is 47.6 Å². The molecule has 0 fully saturated rings. The van der Waals surface area contributed by atoms with Gasteiger partial charge in [-0.25, -0.2) is 4.79 Å². The van der Waals surface area contributed by atoms with Crippen molar-refractivity contribution < 1.29 is 18.7 Å². The highest BCUT2D eigenvalue weighted by Crippen LogP contribution is 2.22. The third-order valence-corrected chi connectivity index (χ3v) is 5.01. The number of nitrogens with one attached hydrogen (secondary N) is 1. The summed E-state index contributed by atoms with van der Waals surface area (Å²) in [6, 6.07) is 15.8. The van der Waals surface area contributed by atoms with E-state index in [0.717, 1.165) is 0 Å². The minimum Gasteiger partial charge on any atom is -0.464 e. The highest BCUT2D eigenvalue weighted by atomic mass is 16.5. The molecule has 3 rings (SSSR count). The molecule has 164 valence electrons. The number of hydrogen-bond donors (Lipinski definition) is 1. The number of hydrogen-bond acceptors (Lipinski definition) is 4. The van der Waals surface area contributed by atoms with Gasteiger partial charge in [-0.3, -0.25) is 4.79 Å². The van der Waals surface area contributed by atoms with Crippen LogP contribution in [0.1, 0.15) is 64.5 Å². The van der Waals surface area contributed by atoms with E-state index in [1.54, 1.807) is 31.2 Å². The molecular formula is C26H31NO4. The topological polar surface area (TPSA) is 68.5 Å². The zero-order chi connectivity index (χ0) is 21.7. The summed E-state index contributed by atoms with van der Waals surface area (Å²) in [7, 11) is 0. The van der Waals surface area contributed by atoms with E-state index in [4.69, 9.17) is 9.15 Å². The smallest absolute Gasteiger partial charge is 0.333 e. The van der Waals surface area contributed by atoms with Crippen LogP contribution in [0.3, 0.4) is 0 Å². The van der Waals surface area contributed by atoms with Crippen molar-refractivity contribution in [3.63, 3.8) is 0 Å². The number of amides is 1. The van der Waals surface area contributed by atoms with E-state index in [1.165, 1.54) is 22.3 Å². The summed E-state index contributed by atoms with van der Waals surface area (Å²) >= 11 is 0. The van der Waals surface area contributed by atoms with Gasteiger partial charge in [0.25, 0.3) is 5.91 Å². The number of rotatable bonds is 7. The van der Waals surface area contributed by atoms with Crippen LogP contribution in [-0.2, 0) is 16.0 Å². The molecule has 0 saturated carbocycles. The van der Waals surface area contributed by atoms with Gasteiger partial charge in [0.2, 0.25) is 0 Å². The Labute approximate surface area is 184 Å². The lowest BCUT2D eigenvalue weighted by atomic mass is 9.97. The second-order valence-electron chi connectivity index (χ2n) is 7.39. The van der Waals surface area contributed by atoms with Crippen LogP contribution in [0.5, 0.6) is 0 Å². The van der Waals surface area contributed by atoms with Gasteiger partial charge in [-0.05, 0) is 62.1 Å². The molecule has 1 amide bonds. The molecule has 31 heavy (non-hydrogen) atoms. The summed E-state index contributed by atoms with van der Waals surface area (Å²) in [5, 5.41) is 2.73. The van der Waals surface area contributed by atoms with Crippen molar-refractivity contribution in [3.05, 3.63) is 93.9 Å². The predicted molar refractivity (Wildman–Crippen MR) is 122 cm³/mol. The summed E-state index contributed by atoms with van der Waals surface area (Å²) in [5.74, 6) is -0.101. The number of furan rings is 1. The maximum Gasteiger partial charge on any atom is 0.333 e. The van der Waals surface area contributed by atoms with Crippen molar-refractivity contribution >= 4 is 11.9 Å². The first-order valence-electron chi connectivity index (χ1n) is 10.1. The van der Waals surface area contributed by atoms with Crippen LogP contribution in [0, 0.1) is 20.8 Å². The molecule has 1 aromatic heterocycles. The Morgan fingerprint density at radius 2 is 1.65 bits per heavy atom. The van der Waals surface area contributed by atoms with Crippen molar-refractivity contribution in [2.75, 3.05) is 6.61 Å². The quantitative estimate of drug-likeness (QED) is 0.514. The lowest BCUT2D eigenvalue weighted by Gasteiger charge is -2.17. The van der Waals surface area contributed by atoms with Gasteiger partial charge in [0.05, 0.1) is 6.61 Å². The molecule has 0 saturated heterocycles. The first-order chi connectivity index (χ1) is 14.4. The number of esters is 1. The van der Waals surface area contributed by atoms with Crippen molar-refractivity contribution in [1.82, 2.24) is 5.32 Å². The fraction of sp³-hybridized carbons (Fsp3) is 0.308. The fourth-order valence-corrected chi connectivity index (χ4v) is 3.61. The highest BCUT2D eigenvalue weighted by Gasteiger charge is 2.25. The third-order valence-electron chi connectivity index (χ3n) is 5.01. The monoisotopic (exact) mass is 421 g/mol. The van der Waals surface area contributed by atoms with Crippen LogP contribution in [0.2, 0.25) is 0 Å². The second kappa shape index (κ2) is 10.6. The largest absolute Gasteiger partial charge is 0.464 e. The molecule has 1 atom stereocenters. The maximum atomic E-state index is 12.8. The van der Waals surface area contributed by atoms with Crippen molar-refractivity contribution in [3.8, 4) is 0 Å². The summed E-state index contributed by atoms with van der Waals surface area (Å²) in [5.41, 5.74) is 5.46. The average molecular weight is 422 g/mol. The van der Waals surface area contributed by atoms with Crippen LogP contribution in [-0.4, -0.2) is 18.5 Å². The molecule has 5 nitrogen and oxygen atoms in total. The predicted octanol–water partition coefficient (Wildman–Crippen LogP) is 5.47. The minimum absolute atomic E-state index is 0. The molecule has 0 radical (unpaired) electrons. The van der Waals surface area contributed by atoms with E-state index in [0.29, 0.717) is 17.7 Å². The molecule has 0 aliphatic heterocycles. The van der Waals surface area contributed by atoms with Crippen molar-refractivity contribution in [2.24, 2.45) is 0 Å². The van der Waals surface area contributed by atoms with E-state index >= 15 is 0 Å². The Morgan fingerprint density at radius 1 is 1.00 bits per heavy atom. The Hall–Kier alpha value is -3.34. The fourth-order valence-electron chi connectivity index (χ4n) is 3.61. The molecule has 0 aliphatic rings. The summed E-state index contributed by atoms with van der Waals surface area (Å²) in [6.07, 6.45) is 0.602. The zero-order valence-electron chi connectivity index (χ0n) is 17.8. The van der Waals surface area contributed by atoms with Crippen LogP contribution >= 0.6 is 0 Å². The van der Waals surface area contributed by atoms with Gasteiger partial charge < -0.3 is 14.5 Å². The molecule has 5 heteroatoms. The lowest BCUT2D eigenvalue weighted by molar-refractivity contribution is -0.145. The average Bonchev–Trinajstić information content (AvgIpc) is 3.18. The minimum atomic E-state index is -0.895. The maximum absolute atomic E-state index is 12.8. The molecule has 2 aromatic carbocycles. The number of aryl methyl sites for hydroxylation is 3. The Kier molecular flexibility index (Phi) is 8.20. The van der Waals surface area contributed by atoms with Gasteiger partial charge in [-0.1, -0.05) is 55.5 Å². The van der Waals surface area contributed by atoms with Gasteiger partial charge in [-0.2, -0.15) is 0 Å². The SMILES string of the molecule is C.CCOC(=O)C(NC(=O)c1ccc(Cc2c(C)cc(C)cc2C)o1)c1ccccc1. The van der Waals surface area contributed by atoms with Crippen LogP contribution < -0.4 is 5.32 Å². The molecular weight excluding hydrogens is 390 g/mol. The molecule has 3 aromatic rings. The van der Waals surface area contributed by atoms with Gasteiger partial charge in [0, 0.05) is 6.42 Å². The normalized spacial score (nSPS) is 11.4. The van der Waals surface area contributed by atoms with E-state index in [1.807, 2.05) is 18.2 Å². The molecule has 0 aliphatic carbocycles. The molecule has 1 N–H and O–H groups in total. The van der Waals surface area contributed by atoms with Crippen LogP contribution in [0.15, 0.2) is 59.0 Å². The standard InChI is InChI=1S/C25H27NO4.CH4/c1-5-29-25(28)23(19-9-7-6-8-10-19)26-24(27)22-12-11-20(30-22)15-21-17(3)13-16(2)14-18(21)4;/h6-14,23H,5,15H2,1-4H3,(H,26,27);1H4. The van der Waals surface area contributed by atoms with Gasteiger partial charge >= 0.3 is 5.97 Å². The van der Waals surface area contributed by atoms with E-state index in [9.17, 15) is 9.59 Å².